The number of nitrogens with one attached hydrogen (secondary N) is 2. The van der Waals surface area contributed by atoms with Gasteiger partial charge in [-0.1, -0.05) is 16.5 Å². The fourth-order valence-electron chi connectivity index (χ4n) is 1.83. The predicted molar refractivity (Wildman–Crippen MR) is 81.8 cm³/mol. The van der Waals surface area contributed by atoms with E-state index >= 15 is 0 Å². The highest BCUT2D eigenvalue weighted by atomic mass is 35.5. The summed E-state index contributed by atoms with van der Waals surface area (Å²) < 4.78 is 29.0. The number of aromatic carboxylic acids is 1. The second kappa shape index (κ2) is 7.01. The van der Waals surface area contributed by atoms with Gasteiger partial charge >= 0.3 is 5.97 Å². The third kappa shape index (κ3) is 4.02. The van der Waals surface area contributed by atoms with Gasteiger partial charge in [-0.15, -0.1) is 0 Å². The Kier molecular flexibility index (Phi) is 5.26. The normalized spacial score (nSPS) is 11.4. The molecule has 0 aliphatic heterocycles. The third-order valence-electron chi connectivity index (χ3n) is 2.82. The molecule has 0 saturated carbocycles. The van der Waals surface area contributed by atoms with Crippen molar-refractivity contribution >= 4 is 33.3 Å². The molecule has 8 nitrogen and oxygen atoms in total. The Bertz CT molecular complexity index is 804. The van der Waals surface area contributed by atoms with Crippen molar-refractivity contribution in [1.82, 2.24) is 4.89 Å². The molecule has 0 unspecified atom stereocenters. The number of carboxylic acid groups (broad SMARTS) is 1. The number of benzene rings is 1. The van der Waals surface area contributed by atoms with Crippen molar-refractivity contribution in [1.29, 1.82) is 0 Å². The highest BCUT2D eigenvalue weighted by Crippen LogP contribution is 2.29. The lowest BCUT2D eigenvalue weighted by Crippen LogP contribution is -2.23. The Balaban J connectivity index is 2.40. The lowest BCUT2D eigenvalue weighted by atomic mass is 10.1. The van der Waals surface area contributed by atoms with E-state index in [4.69, 9.17) is 16.0 Å². The van der Waals surface area contributed by atoms with Crippen LogP contribution in [0, 0.1) is 0 Å². The fraction of sp³-hybridized carbons (Fsp3) is 0.154. The van der Waals surface area contributed by atoms with Gasteiger partial charge in [-0.25, -0.2) is 13.2 Å². The van der Waals surface area contributed by atoms with E-state index < -0.39 is 20.9 Å². The van der Waals surface area contributed by atoms with Gasteiger partial charge in [-0.05, 0) is 24.3 Å². The van der Waals surface area contributed by atoms with Crippen LogP contribution in [0.1, 0.15) is 16.1 Å². The van der Waals surface area contributed by atoms with E-state index in [1.165, 1.54) is 12.3 Å². The van der Waals surface area contributed by atoms with Crippen LogP contribution in [0.2, 0.25) is 5.02 Å². The number of furan rings is 1. The van der Waals surface area contributed by atoms with E-state index in [1.54, 1.807) is 17.0 Å². The van der Waals surface area contributed by atoms with Crippen LogP contribution in [-0.2, 0) is 21.4 Å². The van der Waals surface area contributed by atoms with Crippen LogP contribution in [0.15, 0.2) is 39.8 Å². The quantitative estimate of drug-likeness (QED) is 0.647. The first-order valence-electron chi connectivity index (χ1n) is 6.23. The van der Waals surface area contributed by atoms with Gasteiger partial charge in [0.15, 0.2) is 0 Å². The van der Waals surface area contributed by atoms with E-state index in [9.17, 15) is 18.3 Å². The summed E-state index contributed by atoms with van der Waals surface area (Å²) in [7, 11) is -2.97. The van der Waals surface area contributed by atoms with Crippen LogP contribution in [0.4, 0.5) is 5.69 Å². The van der Waals surface area contributed by atoms with E-state index in [0.717, 1.165) is 13.2 Å². The molecule has 0 aliphatic rings. The largest absolute Gasteiger partial charge is 0.478 e. The fourth-order valence-corrected chi connectivity index (χ4v) is 3.20. The molecule has 1 heterocycles. The minimum atomic E-state index is -4.09. The Morgan fingerprint density at radius 3 is 2.74 bits per heavy atom. The molecular weight excluding hydrogens is 348 g/mol. The topological polar surface area (TPSA) is 118 Å². The standard InChI is InChI=1S/C13H13ClN2O6S/c1-21-16-23(19,20)12-5-9(13(17)18)11(6-10(12)14)15-7-8-3-2-4-22-8/h2-6,15-16H,7H2,1H3,(H,17,18). The number of hydrogen-bond acceptors (Lipinski definition) is 6. The molecule has 10 heteroatoms. The summed E-state index contributed by atoms with van der Waals surface area (Å²) in [5, 5.41) is 12.0. The van der Waals surface area contributed by atoms with Crippen LogP contribution in [0.5, 0.6) is 0 Å². The lowest BCUT2D eigenvalue weighted by Gasteiger charge is -2.13. The van der Waals surface area contributed by atoms with Gasteiger partial charge in [0, 0.05) is 0 Å². The number of rotatable bonds is 7. The SMILES string of the molecule is CONS(=O)(=O)c1cc(C(=O)O)c(NCc2ccco2)cc1Cl. The second-order valence-corrected chi connectivity index (χ2v) is 6.38. The Labute approximate surface area is 137 Å². The van der Waals surface area contributed by atoms with Gasteiger partial charge in [0.2, 0.25) is 0 Å². The number of carbonyl (C=O) groups is 1. The second-order valence-electron chi connectivity index (χ2n) is 4.36. The molecule has 0 spiro atoms. The Morgan fingerprint density at radius 2 is 2.17 bits per heavy atom. The average Bonchev–Trinajstić information content (AvgIpc) is 2.97. The predicted octanol–water partition coefficient (Wildman–Crippen LogP) is 2.08. The average molecular weight is 361 g/mol. The minimum absolute atomic E-state index is 0.151. The number of carboxylic acids is 1. The van der Waals surface area contributed by atoms with E-state index in [0.29, 0.717) is 5.76 Å². The van der Waals surface area contributed by atoms with Gasteiger partial charge in [0.1, 0.15) is 10.7 Å². The maximum absolute atomic E-state index is 11.9. The highest BCUT2D eigenvalue weighted by Gasteiger charge is 2.23. The molecule has 0 atom stereocenters. The molecule has 1 aromatic heterocycles. The van der Waals surface area contributed by atoms with E-state index in [-0.39, 0.29) is 22.8 Å². The summed E-state index contributed by atoms with van der Waals surface area (Å²) in [5.41, 5.74) is -0.0901. The third-order valence-corrected chi connectivity index (χ3v) is 4.55. The van der Waals surface area contributed by atoms with Crippen LogP contribution in [0.3, 0.4) is 0 Å². The monoisotopic (exact) mass is 360 g/mol. The highest BCUT2D eigenvalue weighted by molar-refractivity contribution is 7.89. The minimum Gasteiger partial charge on any atom is -0.478 e. The van der Waals surface area contributed by atoms with Crippen molar-refractivity contribution in [2.45, 2.75) is 11.4 Å². The van der Waals surface area contributed by atoms with Crippen LogP contribution >= 0.6 is 11.6 Å². The van der Waals surface area contributed by atoms with Gasteiger partial charge in [-0.2, -0.15) is 0 Å². The molecule has 0 saturated heterocycles. The van der Waals surface area contributed by atoms with Crippen LogP contribution in [-0.4, -0.2) is 26.6 Å². The molecule has 0 fully saturated rings. The van der Waals surface area contributed by atoms with Crippen molar-refractivity contribution in [3.63, 3.8) is 0 Å². The molecule has 0 aliphatic carbocycles. The molecule has 3 N–H and O–H groups in total. The molecule has 124 valence electrons. The van der Waals surface area contributed by atoms with Crippen LogP contribution in [0.25, 0.3) is 0 Å². The first kappa shape index (κ1) is 17.3. The lowest BCUT2D eigenvalue weighted by molar-refractivity contribution is 0.0697. The molecule has 0 amide bonds. The molecule has 1 aromatic carbocycles. The molecule has 2 rings (SSSR count). The van der Waals surface area contributed by atoms with Crippen molar-refractivity contribution in [2.24, 2.45) is 0 Å². The van der Waals surface area contributed by atoms with E-state index in [1.807, 2.05) is 0 Å². The molecule has 2 aromatic rings. The van der Waals surface area contributed by atoms with Crippen molar-refractivity contribution in [3.8, 4) is 0 Å². The Hall–Kier alpha value is -2.07. The van der Waals surface area contributed by atoms with Gasteiger partial charge in [0.05, 0.1) is 36.2 Å². The summed E-state index contributed by atoms with van der Waals surface area (Å²) in [6, 6.07) is 5.57. The summed E-state index contributed by atoms with van der Waals surface area (Å²) in [6.07, 6.45) is 1.48. The van der Waals surface area contributed by atoms with Gasteiger partial charge in [0.25, 0.3) is 10.0 Å². The van der Waals surface area contributed by atoms with Crippen molar-refractivity contribution in [2.75, 3.05) is 12.4 Å². The molecule has 0 bridgehead atoms. The number of anilines is 1. The van der Waals surface area contributed by atoms with Crippen molar-refractivity contribution < 1.29 is 27.6 Å². The number of hydrogen-bond donors (Lipinski definition) is 3. The maximum atomic E-state index is 11.9. The zero-order valence-corrected chi connectivity index (χ0v) is 13.4. The Morgan fingerprint density at radius 1 is 1.43 bits per heavy atom. The first-order chi connectivity index (χ1) is 10.8. The van der Waals surface area contributed by atoms with Gasteiger partial charge in [-0.3, -0.25) is 4.84 Å². The molecule has 23 heavy (non-hydrogen) atoms. The number of sulfonamides is 1. The van der Waals surface area contributed by atoms with Gasteiger partial charge < -0.3 is 14.8 Å². The molecular formula is C13H13ClN2O6S. The van der Waals surface area contributed by atoms with E-state index in [2.05, 4.69) is 10.2 Å². The maximum Gasteiger partial charge on any atom is 0.337 e. The summed E-state index contributed by atoms with van der Waals surface area (Å²) in [5.74, 6) is -0.729. The summed E-state index contributed by atoms with van der Waals surface area (Å²) in [4.78, 5) is 17.1. The number of halogens is 1. The zero-order chi connectivity index (χ0) is 17.0. The zero-order valence-electron chi connectivity index (χ0n) is 11.9. The van der Waals surface area contributed by atoms with Crippen molar-refractivity contribution in [3.05, 3.63) is 46.9 Å². The molecule has 0 radical (unpaired) electrons. The summed E-state index contributed by atoms with van der Waals surface area (Å²) >= 11 is 5.96. The van der Waals surface area contributed by atoms with Crippen LogP contribution < -0.4 is 10.2 Å². The first-order valence-corrected chi connectivity index (χ1v) is 8.09. The summed E-state index contributed by atoms with van der Waals surface area (Å²) in [6.45, 7) is 0.214. The smallest absolute Gasteiger partial charge is 0.337 e.